The van der Waals surface area contributed by atoms with E-state index in [1.807, 2.05) is 0 Å². The number of hydrogen-bond donors (Lipinski definition) is 1. The number of pyridine rings is 1. The number of alkyl halides is 3. The lowest BCUT2D eigenvalue weighted by Gasteiger charge is -2.30. The fraction of sp³-hybridized carbons (Fsp3) is 0.600. The highest BCUT2D eigenvalue weighted by Gasteiger charge is 2.31. The van der Waals surface area contributed by atoms with Crippen molar-refractivity contribution in [3.05, 3.63) is 29.6 Å². The highest BCUT2D eigenvalue weighted by molar-refractivity contribution is 5.92. The first-order valence-corrected chi connectivity index (χ1v) is 7.26. The van der Waals surface area contributed by atoms with Crippen LogP contribution in [0.2, 0.25) is 0 Å². The van der Waals surface area contributed by atoms with Crippen molar-refractivity contribution in [3.63, 3.8) is 0 Å². The Bertz CT molecular complexity index is 520. The van der Waals surface area contributed by atoms with Crippen LogP contribution < -0.4 is 5.32 Å². The molecule has 1 heterocycles. The summed E-state index contributed by atoms with van der Waals surface area (Å²) in [6, 6.07) is 4.97. The molecule has 0 radical (unpaired) electrons. The van der Waals surface area contributed by atoms with E-state index in [0.29, 0.717) is 18.5 Å². The molecule has 0 aromatic carbocycles. The van der Waals surface area contributed by atoms with Gasteiger partial charge < -0.3 is 10.1 Å². The fourth-order valence-electron chi connectivity index (χ4n) is 2.57. The molecule has 1 fully saturated rings. The van der Waals surface area contributed by atoms with Gasteiger partial charge >= 0.3 is 6.18 Å². The van der Waals surface area contributed by atoms with Crippen molar-refractivity contribution in [2.75, 3.05) is 6.61 Å². The summed E-state index contributed by atoms with van der Waals surface area (Å²) >= 11 is 0. The van der Waals surface area contributed by atoms with Gasteiger partial charge in [-0.15, -0.1) is 0 Å². The second-order valence-corrected chi connectivity index (χ2v) is 5.55. The summed E-state index contributed by atoms with van der Waals surface area (Å²) in [4.78, 5) is 16.2. The number of carbonyl (C=O) groups excluding carboxylic acids is 1. The van der Waals surface area contributed by atoms with E-state index < -0.39 is 18.9 Å². The van der Waals surface area contributed by atoms with Crippen molar-refractivity contribution < 1.29 is 22.7 Å². The molecule has 1 aliphatic carbocycles. The number of aromatic nitrogens is 1. The van der Waals surface area contributed by atoms with Crippen LogP contribution in [0.3, 0.4) is 0 Å². The molecule has 0 saturated heterocycles. The molecule has 1 amide bonds. The van der Waals surface area contributed by atoms with Gasteiger partial charge in [-0.3, -0.25) is 4.79 Å². The average Bonchev–Trinajstić information content (AvgIpc) is 2.45. The number of hydrogen-bond acceptors (Lipinski definition) is 3. The first kappa shape index (κ1) is 16.7. The number of carbonyl (C=O) groups is 1. The van der Waals surface area contributed by atoms with E-state index in [-0.39, 0.29) is 11.9 Å². The molecule has 1 aromatic heterocycles. The summed E-state index contributed by atoms with van der Waals surface area (Å²) in [6.45, 7) is 0.552. The largest absolute Gasteiger partial charge is 0.411 e. The second-order valence-electron chi connectivity index (χ2n) is 5.55. The number of nitrogens with zero attached hydrogens (tertiary/aromatic N) is 1. The molecular weight excluding hydrogens is 297 g/mol. The number of amides is 1. The van der Waals surface area contributed by atoms with Crippen molar-refractivity contribution in [2.45, 2.75) is 50.9 Å². The molecule has 1 aromatic rings. The molecule has 0 bridgehead atoms. The summed E-state index contributed by atoms with van der Waals surface area (Å²) < 4.78 is 41.4. The topological polar surface area (TPSA) is 51.2 Å². The summed E-state index contributed by atoms with van der Waals surface area (Å²) in [5.74, 6) is -0.301. The van der Waals surface area contributed by atoms with Crippen molar-refractivity contribution in [3.8, 4) is 0 Å². The molecule has 122 valence electrons. The third kappa shape index (κ3) is 5.29. The average molecular weight is 316 g/mol. The van der Waals surface area contributed by atoms with Gasteiger partial charge in [0.15, 0.2) is 0 Å². The van der Waals surface area contributed by atoms with Crippen molar-refractivity contribution in [1.82, 2.24) is 10.3 Å². The quantitative estimate of drug-likeness (QED) is 0.929. The second kappa shape index (κ2) is 7.09. The molecule has 7 heteroatoms. The van der Waals surface area contributed by atoms with Crippen LogP contribution in [0.4, 0.5) is 13.2 Å². The number of ether oxygens (including phenoxy) is 1. The highest BCUT2D eigenvalue weighted by Crippen LogP contribution is 2.24. The monoisotopic (exact) mass is 316 g/mol. The molecule has 2 atom stereocenters. The first-order valence-electron chi connectivity index (χ1n) is 7.26. The first-order chi connectivity index (χ1) is 10.3. The Morgan fingerprint density at radius 3 is 2.86 bits per heavy atom. The highest BCUT2D eigenvalue weighted by atomic mass is 19.4. The van der Waals surface area contributed by atoms with E-state index in [2.05, 4.69) is 10.3 Å². The lowest BCUT2D eigenvalue weighted by molar-refractivity contribution is -0.188. The molecule has 1 N–H and O–H groups in total. The summed E-state index contributed by atoms with van der Waals surface area (Å²) in [7, 11) is 0. The van der Waals surface area contributed by atoms with E-state index >= 15 is 0 Å². The van der Waals surface area contributed by atoms with Crippen molar-refractivity contribution in [1.29, 1.82) is 0 Å². The molecule has 0 aliphatic heterocycles. The summed E-state index contributed by atoms with van der Waals surface area (Å²) in [6.07, 6.45) is -2.33. The Kier molecular flexibility index (Phi) is 5.39. The van der Waals surface area contributed by atoms with E-state index in [4.69, 9.17) is 4.74 Å². The van der Waals surface area contributed by atoms with Crippen LogP contribution in [0.25, 0.3) is 0 Å². The zero-order chi connectivity index (χ0) is 16.2. The normalized spacial score (nSPS) is 22.4. The van der Waals surface area contributed by atoms with E-state index in [0.717, 1.165) is 18.5 Å². The maximum absolute atomic E-state index is 12.2. The van der Waals surface area contributed by atoms with Gasteiger partial charge in [0.2, 0.25) is 0 Å². The SMILES string of the molecule is Cc1cccc(C(=O)NC2CCCC(OCC(F)(F)F)C2)n1. The Balaban J connectivity index is 1.86. The zero-order valence-electron chi connectivity index (χ0n) is 12.3. The molecule has 2 rings (SSSR count). The Hall–Kier alpha value is -1.63. The standard InChI is InChI=1S/C15H19F3N2O2/c1-10-4-2-7-13(19-10)14(21)20-11-5-3-6-12(8-11)22-9-15(16,17)18/h2,4,7,11-12H,3,5-6,8-9H2,1H3,(H,20,21). The minimum Gasteiger partial charge on any atom is -0.369 e. The lowest BCUT2D eigenvalue weighted by atomic mass is 9.92. The maximum Gasteiger partial charge on any atom is 0.411 e. The van der Waals surface area contributed by atoms with Gasteiger partial charge in [-0.2, -0.15) is 13.2 Å². The van der Waals surface area contributed by atoms with Gasteiger partial charge in [-0.25, -0.2) is 4.98 Å². The summed E-state index contributed by atoms with van der Waals surface area (Å²) in [5, 5.41) is 2.83. The Labute approximate surface area is 127 Å². The van der Waals surface area contributed by atoms with Crippen LogP contribution in [0.1, 0.15) is 41.9 Å². The summed E-state index contributed by atoms with van der Waals surface area (Å²) in [5.41, 5.74) is 1.06. The third-order valence-electron chi connectivity index (χ3n) is 3.56. The molecular formula is C15H19F3N2O2. The minimum atomic E-state index is -4.32. The van der Waals surface area contributed by atoms with E-state index in [1.54, 1.807) is 25.1 Å². The Morgan fingerprint density at radius 2 is 2.18 bits per heavy atom. The van der Waals surface area contributed by atoms with Gasteiger partial charge in [0.1, 0.15) is 12.3 Å². The molecule has 1 aliphatic rings. The lowest BCUT2D eigenvalue weighted by Crippen LogP contribution is -2.41. The Morgan fingerprint density at radius 1 is 1.41 bits per heavy atom. The van der Waals surface area contributed by atoms with Gasteiger partial charge in [0, 0.05) is 11.7 Å². The number of nitrogens with one attached hydrogen (secondary N) is 1. The van der Waals surface area contributed by atoms with Gasteiger partial charge in [-0.1, -0.05) is 6.07 Å². The van der Waals surface area contributed by atoms with E-state index in [1.165, 1.54) is 0 Å². The van der Waals surface area contributed by atoms with Crippen LogP contribution in [0.5, 0.6) is 0 Å². The van der Waals surface area contributed by atoms with Crippen LogP contribution in [0.15, 0.2) is 18.2 Å². The van der Waals surface area contributed by atoms with Gasteiger partial charge in [0.25, 0.3) is 5.91 Å². The fourth-order valence-corrected chi connectivity index (χ4v) is 2.57. The van der Waals surface area contributed by atoms with Crippen LogP contribution in [0, 0.1) is 6.92 Å². The van der Waals surface area contributed by atoms with Crippen molar-refractivity contribution in [2.24, 2.45) is 0 Å². The third-order valence-corrected chi connectivity index (χ3v) is 3.56. The maximum atomic E-state index is 12.2. The molecule has 0 spiro atoms. The van der Waals surface area contributed by atoms with E-state index in [9.17, 15) is 18.0 Å². The predicted octanol–water partition coefficient (Wildman–Crippen LogP) is 3.01. The smallest absolute Gasteiger partial charge is 0.369 e. The minimum absolute atomic E-state index is 0.179. The predicted molar refractivity (Wildman–Crippen MR) is 74.5 cm³/mol. The molecule has 22 heavy (non-hydrogen) atoms. The number of rotatable bonds is 4. The molecule has 1 saturated carbocycles. The molecule has 4 nitrogen and oxygen atoms in total. The van der Waals surface area contributed by atoms with Crippen molar-refractivity contribution >= 4 is 5.91 Å². The van der Waals surface area contributed by atoms with Gasteiger partial charge in [0.05, 0.1) is 6.10 Å². The van der Waals surface area contributed by atoms with Crippen LogP contribution >= 0.6 is 0 Å². The zero-order valence-corrected chi connectivity index (χ0v) is 12.3. The van der Waals surface area contributed by atoms with Crippen LogP contribution in [-0.2, 0) is 4.74 Å². The molecule has 2 unspecified atom stereocenters. The van der Waals surface area contributed by atoms with Gasteiger partial charge in [-0.05, 0) is 44.7 Å². The van der Waals surface area contributed by atoms with Crippen LogP contribution in [-0.4, -0.2) is 35.8 Å². The number of halogens is 3. The number of aryl methyl sites for hydroxylation is 1.